The van der Waals surface area contributed by atoms with Crippen molar-refractivity contribution in [2.75, 3.05) is 18.4 Å². The summed E-state index contributed by atoms with van der Waals surface area (Å²) >= 11 is 0. The van der Waals surface area contributed by atoms with Crippen molar-refractivity contribution in [2.24, 2.45) is 5.92 Å². The lowest BCUT2D eigenvalue weighted by atomic mass is 10.1. The molecule has 0 saturated carbocycles. The van der Waals surface area contributed by atoms with E-state index in [-0.39, 0.29) is 29.7 Å². The summed E-state index contributed by atoms with van der Waals surface area (Å²) in [4.78, 5) is 36.5. The van der Waals surface area contributed by atoms with E-state index in [1.54, 1.807) is 24.0 Å². The summed E-state index contributed by atoms with van der Waals surface area (Å²) in [6, 6.07) is 4.75. The van der Waals surface area contributed by atoms with E-state index in [2.05, 4.69) is 5.32 Å². The van der Waals surface area contributed by atoms with E-state index in [4.69, 9.17) is 5.11 Å². The summed E-state index contributed by atoms with van der Waals surface area (Å²) in [5, 5.41) is 11.8. The van der Waals surface area contributed by atoms with Crippen molar-refractivity contribution >= 4 is 23.5 Å². The Bertz CT molecular complexity index is 597. The number of carboxylic acid groups (broad SMARTS) is 1. The SMILES string of the molecule is CCN1CC(C(=O)Nc2ccc(C)c(C(=O)O)c2)CC1=O. The molecule has 0 radical (unpaired) electrons. The minimum atomic E-state index is -1.03. The summed E-state index contributed by atoms with van der Waals surface area (Å²) in [7, 11) is 0. The number of carboxylic acids is 1. The number of rotatable bonds is 4. The van der Waals surface area contributed by atoms with Crippen LogP contribution in [0.5, 0.6) is 0 Å². The van der Waals surface area contributed by atoms with Crippen molar-refractivity contribution in [3.8, 4) is 0 Å². The van der Waals surface area contributed by atoms with Gasteiger partial charge in [0.05, 0.1) is 11.5 Å². The molecule has 1 aromatic rings. The van der Waals surface area contributed by atoms with Gasteiger partial charge in [0, 0.05) is 25.2 Å². The van der Waals surface area contributed by atoms with Crippen molar-refractivity contribution in [3.05, 3.63) is 29.3 Å². The first-order valence-electron chi connectivity index (χ1n) is 6.85. The Morgan fingerprint density at radius 1 is 1.43 bits per heavy atom. The number of nitrogens with one attached hydrogen (secondary N) is 1. The second kappa shape index (κ2) is 5.95. The molecule has 1 fully saturated rings. The molecule has 6 nitrogen and oxygen atoms in total. The molecular weight excluding hydrogens is 272 g/mol. The van der Waals surface area contributed by atoms with Crippen LogP contribution in [0, 0.1) is 12.8 Å². The fraction of sp³-hybridized carbons (Fsp3) is 0.400. The summed E-state index contributed by atoms with van der Waals surface area (Å²) in [6.07, 6.45) is 0.206. The highest BCUT2D eigenvalue weighted by Gasteiger charge is 2.33. The summed E-state index contributed by atoms with van der Waals surface area (Å²) in [6.45, 7) is 4.58. The molecule has 0 aliphatic carbocycles. The van der Waals surface area contributed by atoms with Crippen LogP contribution in [0.3, 0.4) is 0 Å². The van der Waals surface area contributed by atoms with Crippen molar-refractivity contribution in [1.29, 1.82) is 0 Å². The first kappa shape index (κ1) is 15.0. The Kier molecular flexibility index (Phi) is 4.26. The number of carbonyl (C=O) groups is 3. The van der Waals surface area contributed by atoms with Gasteiger partial charge in [-0.1, -0.05) is 6.07 Å². The molecule has 1 aromatic carbocycles. The largest absolute Gasteiger partial charge is 0.478 e. The van der Waals surface area contributed by atoms with Gasteiger partial charge in [-0.3, -0.25) is 9.59 Å². The highest BCUT2D eigenvalue weighted by Crippen LogP contribution is 2.21. The molecule has 6 heteroatoms. The number of hydrogen-bond acceptors (Lipinski definition) is 3. The first-order chi connectivity index (χ1) is 9.92. The average molecular weight is 290 g/mol. The van der Waals surface area contributed by atoms with Gasteiger partial charge in [-0.15, -0.1) is 0 Å². The third kappa shape index (κ3) is 3.21. The van der Waals surface area contributed by atoms with Gasteiger partial charge in [-0.05, 0) is 31.5 Å². The molecule has 2 rings (SSSR count). The molecule has 0 bridgehead atoms. The summed E-state index contributed by atoms with van der Waals surface area (Å²) < 4.78 is 0. The van der Waals surface area contributed by atoms with E-state index in [9.17, 15) is 14.4 Å². The monoisotopic (exact) mass is 290 g/mol. The van der Waals surface area contributed by atoms with Gasteiger partial charge in [-0.25, -0.2) is 4.79 Å². The zero-order valence-corrected chi connectivity index (χ0v) is 12.0. The second-order valence-corrected chi connectivity index (χ2v) is 5.16. The maximum atomic E-state index is 12.2. The summed E-state index contributed by atoms with van der Waals surface area (Å²) in [5.41, 5.74) is 1.23. The van der Waals surface area contributed by atoms with Crippen LogP contribution in [0.1, 0.15) is 29.3 Å². The second-order valence-electron chi connectivity index (χ2n) is 5.16. The first-order valence-corrected chi connectivity index (χ1v) is 6.85. The maximum Gasteiger partial charge on any atom is 0.336 e. The molecule has 0 spiro atoms. The standard InChI is InChI=1S/C15H18N2O4/c1-3-17-8-10(6-13(17)18)14(19)16-11-5-4-9(2)12(7-11)15(20)21/h4-5,7,10H,3,6,8H2,1-2H3,(H,16,19)(H,20,21). The van der Waals surface area contributed by atoms with Gasteiger partial charge in [0.2, 0.25) is 11.8 Å². The van der Waals surface area contributed by atoms with Crippen LogP contribution >= 0.6 is 0 Å². The van der Waals surface area contributed by atoms with Gasteiger partial charge in [0.1, 0.15) is 0 Å². The average Bonchev–Trinajstić information content (AvgIpc) is 2.82. The molecule has 2 amide bonds. The molecule has 1 heterocycles. The Morgan fingerprint density at radius 2 is 2.14 bits per heavy atom. The smallest absolute Gasteiger partial charge is 0.336 e. The Hall–Kier alpha value is -2.37. The number of aromatic carboxylic acids is 1. The molecule has 112 valence electrons. The Balaban J connectivity index is 2.09. The van der Waals surface area contributed by atoms with Crippen LogP contribution < -0.4 is 5.32 Å². The highest BCUT2D eigenvalue weighted by atomic mass is 16.4. The van der Waals surface area contributed by atoms with Crippen LogP contribution in [0.2, 0.25) is 0 Å². The van der Waals surface area contributed by atoms with E-state index < -0.39 is 5.97 Å². The van der Waals surface area contributed by atoms with Crippen molar-refractivity contribution in [1.82, 2.24) is 4.90 Å². The molecule has 2 N–H and O–H groups in total. The zero-order valence-electron chi connectivity index (χ0n) is 12.0. The van der Waals surface area contributed by atoms with E-state index in [1.807, 2.05) is 6.92 Å². The number of aryl methyl sites for hydroxylation is 1. The number of carbonyl (C=O) groups excluding carboxylic acids is 2. The quantitative estimate of drug-likeness (QED) is 0.879. The third-order valence-corrected chi connectivity index (χ3v) is 3.70. The number of benzene rings is 1. The molecule has 1 aliphatic rings. The van der Waals surface area contributed by atoms with Gasteiger partial charge >= 0.3 is 5.97 Å². The van der Waals surface area contributed by atoms with E-state index >= 15 is 0 Å². The molecular formula is C15H18N2O4. The minimum absolute atomic E-state index is 0.0206. The predicted octanol–water partition coefficient (Wildman–Crippen LogP) is 1.50. The molecule has 1 unspecified atom stereocenters. The minimum Gasteiger partial charge on any atom is -0.478 e. The molecule has 0 aromatic heterocycles. The predicted molar refractivity (Wildman–Crippen MR) is 77.1 cm³/mol. The maximum absolute atomic E-state index is 12.2. The number of likely N-dealkylation sites (tertiary alicyclic amines) is 1. The van der Waals surface area contributed by atoms with Gasteiger partial charge in [-0.2, -0.15) is 0 Å². The van der Waals surface area contributed by atoms with Crippen LogP contribution in [-0.2, 0) is 9.59 Å². The number of anilines is 1. The van der Waals surface area contributed by atoms with Crippen LogP contribution in [-0.4, -0.2) is 40.9 Å². The van der Waals surface area contributed by atoms with Gasteiger partial charge in [0.15, 0.2) is 0 Å². The lowest BCUT2D eigenvalue weighted by Gasteiger charge is -2.14. The van der Waals surface area contributed by atoms with E-state index in [0.717, 1.165) is 0 Å². The molecule has 1 aliphatic heterocycles. The fourth-order valence-electron chi connectivity index (χ4n) is 2.43. The van der Waals surface area contributed by atoms with Crippen molar-refractivity contribution in [3.63, 3.8) is 0 Å². The van der Waals surface area contributed by atoms with Crippen LogP contribution in [0.4, 0.5) is 5.69 Å². The number of amides is 2. The Labute approximate surface area is 122 Å². The summed E-state index contributed by atoms with van der Waals surface area (Å²) in [5.74, 6) is -1.68. The highest BCUT2D eigenvalue weighted by molar-refractivity contribution is 5.98. The van der Waals surface area contributed by atoms with Crippen LogP contribution in [0.15, 0.2) is 18.2 Å². The van der Waals surface area contributed by atoms with Gasteiger partial charge in [0.25, 0.3) is 0 Å². The third-order valence-electron chi connectivity index (χ3n) is 3.70. The Morgan fingerprint density at radius 3 is 2.71 bits per heavy atom. The topological polar surface area (TPSA) is 86.7 Å². The number of hydrogen-bond donors (Lipinski definition) is 2. The van der Waals surface area contributed by atoms with Crippen molar-refractivity contribution < 1.29 is 19.5 Å². The zero-order chi connectivity index (χ0) is 15.6. The molecule has 1 atom stereocenters. The van der Waals surface area contributed by atoms with Gasteiger partial charge < -0.3 is 15.3 Å². The fourth-order valence-corrected chi connectivity index (χ4v) is 2.43. The molecule has 1 saturated heterocycles. The van der Waals surface area contributed by atoms with Crippen molar-refractivity contribution in [2.45, 2.75) is 20.3 Å². The lowest BCUT2D eigenvalue weighted by molar-refractivity contribution is -0.128. The van der Waals surface area contributed by atoms with Crippen LogP contribution in [0.25, 0.3) is 0 Å². The molecule has 21 heavy (non-hydrogen) atoms. The van der Waals surface area contributed by atoms with E-state index in [0.29, 0.717) is 24.3 Å². The normalized spacial score (nSPS) is 17.9. The number of nitrogens with zero attached hydrogens (tertiary/aromatic N) is 1. The van der Waals surface area contributed by atoms with E-state index in [1.165, 1.54) is 6.07 Å². The lowest BCUT2D eigenvalue weighted by Crippen LogP contribution is -2.28.